The fraction of sp³-hybridized carbons (Fsp3) is 0.0500. The fourth-order valence-electron chi connectivity index (χ4n) is 2.80. The van der Waals surface area contributed by atoms with Crippen LogP contribution in [-0.2, 0) is 6.54 Å². The first-order chi connectivity index (χ1) is 13.4. The number of amidine groups is 1. The summed E-state index contributed by atoms with van der Waals surface area (Å²) in [5.41, 5.74) is 13.6. The molecular weight excluding hydrogens is 358 g/mol. The summed E-state index contributed by atoms with van der Waals surface area (Å²) in [5, 5.41) is 22.9. The van der Waals surface area contributed by atoms with Gasteiger partial charge in [0.15, 0.2) is 0 Å². The predicted octanol–water partition coefficient (Wildman–Crippen LogP) is 2.92. The van der Waals surface area contributed by atoms with Gasteiger partial charge >= 0.3 is 6.09 Å². The zero-order valence-corrected chi connectivity index (χ0v) is 14.8. The Balaban J connectivity index is 1.99. The maximum atomic E-state index is 12.7. The van der Waals surface area contributed by atoms with E-state index in [1.807, 2.05) is 12.1 Å². The van der Waals surface area contributed by atoms with Crippen LogP contribution in [0.25, 0.3) is 10.8 Å². The summed E-state index contributed by atoms with van der Waals surface area (Å²) in [4.78, 5) is 23.8. The molecule has 0 radical (unpaired) electrons. The van der Waals surface area contributed by atoms with Crippen molar-refractivity contribution in [3.63, 3.8) is 0 Å². The van der Waals surface area contributed by atoms with Crippen molar-refractivity contribution in [3.8, 4) is 0 Å². The van der Waals surface area contributed by atoms with Gasteiger partial charge < -0.3 is 21.9 Å². The molecule has 28 heavy (non-hydrogen) atoms. The Morgan fingerprint density at radius 2 is 1.68 bits per heavy atom. The summed E-state index contributed by atoms with van der Waals surface area (Å²) in [6.07, 6.45) is -1.26. The molecule has 0 unspecified atom stereocenters. The zero-order chi connectivity index (χ0) is 20.3. The second-order valence-corrected chi connectivity index (χ2v) is 6.16. The first-order valence-electron chi connectivity index (χ1n) is 8.40. The molecule has 0 atom stereocenters. The van der Waals surface area contributed by atoms with Crippen molar-refractivity contribution in [3.05, 3.63) is 71.3 Å². The molecule has 8 heteroatoms. The second kappa shape index (κ2) is 7.77. The molecule has 3 aromatic carbocycles. The Bertz CT molecular complexity index is 1080. The number of nitrogens with two attached hydrogens (primary N) is 2. The van der Waals surface area contributed by atoms with Crippen LogP contribution in [0.4, 0.5) is 16.2 Å². The minimum absolute atomic E-state index is 0.133. The van der Waals surface area contributed by atoms with Crippen molar-refractivity contribution < 1.29 is 14.7 Å². The van der Waals surface area contributed by atoms with Gasteiger partial charge in [-0.2, -0.15) is 0 Å². The summed E-state index contributed by atoms with van der Waals surface area (Å²) >= 11 is 0. The number of fused-ring (bicyclic) bond motifs is 1. The van der Waals surface area contributed by atoms with Gasteiger partial charge in [0.1, 0.15) is 5.84 Å². The molecule has 0 saturated heterocycles. The van der Waals surface area contributed by atoms with E-state index >= 15 is 0 Å². The van der Waals surface area contributed by atoms with Gasteiger partial charge in [0.25, 0.3) is 5.91 Å². The van der Waals surface area contributed by atoms with Crippen LogP contribution in [0.2, 0.25) is 0 Å². The number of amides is 2. The molecule has 0 heterocycles. The largest absolute Gasteiger partial charge is 0.465 e. The van der Waals surface area contributed by atoms with Crippen molar-refractivity contribution in [1.29, 1.82) is 5.41 Å². The second-order valence-electron chi connectivity index (χ2n) is 6.16. The summed E-state index contributed by atoms with van der Waals surface area (Å²) in [5.74, 6) is -0.516. The minimum Gasteiger partial charge on any atom is -0.465 e. The number of nitrogens with one attached hydrogen (secondary N) is 3. The summed E-state index contributed by atoms with van der Waals surface area (Å²) < 4.78 is 0. The number of carbonyl (C=O) groups is 2. The number of carbonyl (C=O) groups excluding carboxylic acids is 1. The lowest BCUT2D eigenvalue weighted by Gasteiger charge is -2.12. The molecule has 0 aromatic heterocycles. The summed E-state index contributed by atoms with van der Waals surface area (Å²) in [7, 11) is 0. The molecule has 3 rings (SSSR count). The number of carboxylic acid groups (broad SMARTS) is 1. The molecule has 8 nitrogen and oxygen atoms in total. The Labute approximate surface area is 160 Å². The van der Waals surface area contributed by atoms with Crippen LogP contribution in [0, 0.1) is 5.41 Å². The van der Waals surface area contributed by atoms with Crippen molar-refractivity contribution in [2.24, 2.45) is 11.5 Å². The number of benzene rings is 3. The smallest absolute Gasteiger partial charge is 0.409 e. The van der Waals surface area contributed by atoms with Crippen LogP contribution in [0.5, 0.6) is 0 Å². The summed E-state index contributed by atoms with van der Waals surface area (Å²) in [6.45, 7) is 0.408. The van der Waals surface area contributed by atoms with E-state index in [0.29, 0.717) is 28.6 Å². The highest BCUT2D eigenvalue weighted by Crippen LogP contribution is 2.27. The zero-order valence-electron chi connectivity index (χ0n) is 14.8. The molecule has 0 bridgehead atoms. The Morgan fingerprint density at radius 3 is 2.29 bits per heavy atom. The van der Waals surface area contributed by atoms with Crippen molar-refractivity contribution in [2.75, 3.05) is 10.6 Å². The molecule has 142 valence electrons. The quantitative estimate of drug-likeness (QED) is 0.298. The van der Waals surface area contributed by atoms with Crippen LogP contribution in [0.15, 0.2) is 54.6 Å². The van der Waals surface area contributed by atoms with Crippen LogP contribution in [0.1, 0.15) is 21.5 Å². The van der Waals surface area contributed by atoms with E-state index in [1.165, 1.54) is 6.07 Å². The third-order valence-electron chi connectivity index (χ3n) is 4.22. The van der Waals surface area contributed by atoms with Gasteiger partial charge in [-0.25, -0.2) is 4.79 Å². The molecule has 0 saturated carbocycles. The third kappa shape index (κ3) is 4.08. The minimum atomic E-state index is -1.26. The van der Waals surface area contributed by atoms with Gasteiger partial charge in [-0.15, -0.1) is 0 Å². The molecule has 0 aliphatic carbocycles. The van der Waals surface area contributed by atoms with Crippen molar-refractivity contribution >= 4 is 40.0 Å². The standard InChI is InChI=1S/C20H19N5O3/c21-10-11-1-5-15(6-2-11)24-19(26)14-7-12-3-4-13(18(22)23)8-16(12)17(9-14)25-20(27)28/h1-9,25H,10,21H2,(H3,22,23)(H,24,26)(H,27,28). The lowest BCUT2D eigenvalue weighted by atomic mass is 10.0. The van der Waals surface area contributed by atoms with Gasteiger partial charge in [-0.3, -0.25) is 15.5 Å². The Kier molecular flexibility index (Phi) is 5.23. The highest BCUT2D eigenvalue weighted by atomic mass is 16.4. The molecule has 0 aliphatic rings. The van der Waals surface area contributed by atoms with E-state index in [-0.39, 0.29) is 23.0 Å². The lowest BCUT2D eigenvalue weighted by molar-refractivity contribution is 0.102. The van der Waals surface area contributed by atoms with Crippen LogP contribution >= 0.6 is 0 Å². The average molecular weight is 377 g/mol. The Hall–Kier alpha value is -3.91. The van der Waals surface area contributed by atoms with E-state index in [9.17, 15) is 9.59 Å². The number of anilines is 2. The SMILES string of the molecule is N=C(N)c1ccc2cc(C(=O)Nc3ccc(CN)cc3)cc(NC(=O)O)c2c1. The Morgan fingerprint density at radius 1 is 0.964 bits per heavy atom. The van der Waals surface area contributed by atoms with Crippen LogP contribution < -0.4 is 22.1 Å². The first-order valence-corrected chi connectivity index (χ1v) is 8.40. The van der Waals surface area contributed by atoms with E-state index in [0.717, 1.165) is 5.56 Å². The van der Waals surface area contributed by atoms with E-state index in [1.54, 1.807) is 36.4 Å². The van der Waals surface area contributed by atoms with Gasteiger partial charge in [-0.1, -0.05) is 24.3 Å². The van der Waals surface area contributed by atoms with Gasteiger partial charge in [0.05, 0.1) is 5.69 Å². The molecule has 0 fully saturated rings. The van der Waals surface area contributed by atoms with E-state index < -0.39 is 6.09 Å². The molecule has 8 N–H and O–H groups in total. The van der Waals surface area contributed by atoms with Gasteiger partial charge in [0, 0.05) is 28.7 Å². The number of nitrogen functional groups attached to an aromatic ring is 1. The maximum absolute atomic E-state index is 12.7. The van der Waals surface area contributed by atoms with Crippen molar-refractivity contribution in [1.82, 2.24) is 0 Å². The normalized spacial score (nSPS) is 10.5. The highest BCUT2D eigenvalue weighted by molar-refractivity contribution is 6.11. The maximum Gasteiger partial charge on any atom is 0.409 e. The first kappa shape index (κ1) is 18.9. The van der Waals surface area contributed by atoms with Crippen LogP contribution in [0.3, 0.4) is 0 Å². The monoisotopic (exact) mass is 377 g/mol. The van der Waals surface area contributed by atoms with Crippen LogP contribution in [-0.4, -0.2) is 22.9 Å². The molecule has 0 spiro atoms. The highest BCUT2D eigenvalue weighted by Gasteiger charge is 2.13. The summed E-state index contributed by atoms with van der Waals surface area (Å²) in [6, 6.07) is 15.2. The lowest BCUT2D eigenvalue weighted by Crippen LogP contribution is -2.14. The number of rotatable bonds is 5. The fourth-order valence-corrected chi connectivity index (χ4v) is 2.80. The van der Waals surface area contributed by atoms with Gasteiger partial charge in [0.2, 0.25) is 0 Å². The van der Waals surface area contributed by atoms with Gasteiger partial charge in [-0.05, 0) is 41.3 Å². The van der Waals surface area contributed by atoms with E-state index in [4.69, 9.17) is 22.0 Å². The number of hydrogen-bond donors (Lipinski definition) is 6. The molecule has 2 amide bonds. The molecule has 3 aromatic rings. The van der Waals surface area contributed by atoms with Crippen molar-refractivity contribution in [2.45, 2.75) is 6.54 Å². The third-order valence-corrected chi connectivity index (χ3v) is 4.22. The molecular formula is C20H19N5O3. The molecule has 0 aliphatic heterocycles. The average Bonchev–Trinajstić information content (AvgIpc) is 2.67. The predicted molar refractivity (Wildman–Crippen MR) is 109 cm³/mol. The topological polar surface area (TPSA) is 154 Å². The number of hydrogen-bond acceptors (Lipinski definition) is 4. The van der Waals surface area contributed by atoms with E-state index in [2.05, 4.69) is 10.6 Å².